The number of hydrogen-bond acceptors (Lipinski definition) is 5. The first-order valence-corrected chi connectivity index (χ1v) is 9.51. The van der Waals surface area contributed by atoms with Crippen LogP contribution in [0.4, 0.5) is 0 Å². The quantitative estimate of drug-likeness (QED) is 0.507. The van der Waals surface area contributed by atoms with E-state index in [2.05, 4.69) is 36.2 Å². The molecule has 0 spiro atoms. The van der Waals surface area contributed by atoms with E-state index in [-0.39, 0.29) is 5.56 Å². The molecule has 0 aliphatic rings. The van der Waals surface area contributed by atoms with Crippen LogP contribution >= 0.6 is 24.0 Å². The first-order valence-electron chi connectivity index (χ1n) is 8.12. The van der Waals surface area contributed by atoms with Crippen LogP contribution in [0.25, 0.3) is 10.9 Å². The molecule has 1 N–H and O–H groups in total. The molecule has 26 heavy (non-hydrogen) atoms. The van der Waals surface area contributed by atoms with Crippen molar-refractivity contribution < 1.29 is 9.47 Å². The lowest BCUT2D eigenvalue weighted by Crippen LogP contribution is -2.23. The molecule has 5 nitrogen and oxygen atoms in total. The van der Waals surface area contributed by atoms with E-state index in [4.69, 9.17) is 21.7 Å². The van der Waals surface area contributed by atoms with Crippen molar-refractivity contribution in [3.63, 3.8) is 0 Å². The van der Waals surface area contributed by atoms with Gasteiger partial charge in [-0.2, -0.15) is 0 Å². The zero-order valence-electron chi connectivity index (χ0n) is 14.9. The molecule has 136 valence electrons. The molecule has 0 aliphatic heterocycles. The van der Waals surface area contributed by atoms with Gasteiger partial charge in [0.1, 0.15) is 0 Å². The van der Waals surface area contributed by atoms with Crippen LogP contribution in [-0.4, -0.2) is 29.5 Å². The van der Waals surface area contributed by atoms with Crippen molar-refractivity contribution in [2.24, 2.45) is 0 Å². The van der Waals surface area contributed by atoms with Crippen LogP contribution < -0.4 is 15.0 Å². The fourth-order valence-corrected chi connectivity index (χ4v) is 3.79. The normalized spacial score (nSPS) is 10.9. The highest BCUT2D eigenvalue weighted by molar-refractivity contribution is 7.99. The summed E-state index contributed by atoms with van der Waals surface area (Å²) in [6.45, 7) is 2.59. The number of benzene rings is 2. The van der Waals surface area contributed by atoms with Crippen LogP contribution in [0.2, 0.25) is 0 Å². The Hall–Kier alpha value is -2.25. The van der Waals surface area contributed by atoms with Gasteiger partial charge >= 0.3 is 0 Å². The second kappa shape index (κ2) is 7.97. The van der Waals surface area contributed by atoms with Gasteiger partial charge in [0.25, 0.3) is 5.56 Å². The van der Waals surface area contributed by atoms with E-state index < -0.39 is 0 Å². The molecular weight excluding hydrogens is 368 g/mol. The highest BCUT2D eigenvalue weighted by atomic mass is 32.2. The summed E-state index contributed by atoms with van der Waals surface area (Å²) in [5.41, 5.74) is 1.74. The number of rotatable bonds is 6. The van der Waals surface area contributed by atoms with E-state index in [1.54, 1.807) is 42.7 Å². The lowest BCUT2D eigenvalue weighted by Gasteiger charge is -2.11. The molecule has 7 heteroatoms. The third-order valence-corrected chi connectivity index (χ3v) is 5.41. The molecule has 0 fully saturated rings. The number of nitrogens with one attached hydrogen (secondary N) is 1. The minimum absolute atomic E-state index is 0.130. The number of thioether (sulfide) groups is 1. The molecule has 0 unspecified atom stereocenters. The maximum absolute atomic E-state index is 12.9. The monoisotopic (exact) mass is 388 g/mol. The Bertz CT molecular complexity index is 1040. The minimum atomic E-state index is -0.130. The third-order valence-electron chi connectivity index (χ3n) is 4.09. The molecule has 0 amide bonds. The van der Waals surface area contributed by atoms with Crippen molar-refractivity contribution in [2.45, 2.75) is 18.4 Å². The van der Waals surface area contributed by atoms with Gasteiger partial charge in [-0.25, -0.2) is 0 Å². The first-order chi connectivity index (χ1) is 12.5. The molecule has 3 aromatic rings. The molecular formula is C19H20N2O3S2. The maximum atomic E-state index is 12.9. The van der Waals surface area contributed by atoms with Crippen molar-refractivity contribution in [3.8, 4) is 11.5 Å². The summed E-state index contributed by atoms with van der Waals surface area (Å²) in [4.78, 5) is 17.2. The molecule has 1 aromatic heterocycles. The van der Waals surface area contributed by atoms with E-state index in [0.29, 0.717) is 33.7 Å². The number of aromatic amines is 1. The Morgan fingerprint density at radius 1 is 1.12 bits per heavy atom. The standard InChI is InChI=1S/C19H20N2O3S2/c1-12-4-6-13(7-5-12)26-9-8-21-18(22)14-10-16(23-2)17(24-3)11-15(14)20-19(21)25/h4-7,10-11H,8-9H2,1-3H3,(H,20,25). The van der Waals surface area contributed by atoms with Crippen LogP contribution in [0.3, 0.4) is 0 Å². The van der Waals surface area contributed by atoms with Gasteiger partial charge in [-0.05, 0) is 37.3 Å². The zero-order valence-corrected chi connectivity index (χ0v) is 16.5. The average molecular weight is 389 g/mol. The van der Waals surface area contributed by atoms with Gasteiger partial charge < -0.3 is 14.5 Å². The molecule has 3 rings (SSSR count). The molecule has 2 aromatic carbocycles. The number of methoxy groups -OCH3 is 2. The van der Waals surface area contributed by atoms with Crippen LogP contribution in [0.5, 0.6) is 11.5 Å². The predicted octanol–water partition coefficient (Wildman–Crippen LogP) is 4.18. The van der Waals surface area contributed by atoms with Crippen molar-refractivity contribution in [2.75, 3.05) is 20.0 Å². The van der Waals surface area contributed by atoms with Gasteiger partial charge in [0.2, 0.25) is 0 Å². The second-order valence-electron chi connectivity index (χ2n) is 5.80. The Balaban J connectivity index is 1.89. The summed E-state index contributed by atoms with van der Waals surface area (Å²) >= 11 is 7.08. The molecule has 0 saturated heterocycles. The summed E-state index contributed by atoms with van der Waals surface area (Å²) in [5, 5.41) is 0.525. The van der Waals surface area contributed by atoms with Gasteiger partial charge in [-0.1, -0.05) is 17.7 Å². The van der Waals surface area contributed by atoms with E-state index in [1.165, 1.54) is 10.5 Å². The summed E-state index contributed by atoms with van der Waals surface area (Å²) in [7, 11) is 3.10. The Labute approximate surface area is 161 Å². The molecule has 0 radical (unpaired) electrons. The van der Waals surface area contributed by atoms with E-state index in [0.717, 1.165) is 5.75 Å². The smallest absolute Gasteiger partial charge is 0.262 e. The van der Waals surface area contributed by atoms with Gasteiger partial charge in [0.05, 0.1) is 25.1 Å². The number of fused-ring (bicyclic) bond motifs is 1. The number of hydrogen-bond donors (Lipinski definition) is 1. The SMILES string of the molecule is COc1cc2[nH]c(=S)n(CCSc3ccc(C)cc3)c(=O)c2cc1OC. The number of H-pyrrole nitrogens is 1. The second-order valence-corrected chi connectivity index (χ2v) is 7.36. The van der Waals surface area contributed by atoms with E-state index in [1.807, 2.05) is 0 Å². The van der Waals surface area contributed by atoms with Crippen molar-refractivity contribution >= 4 is 34.9 Å². The largest absolute Gasteiger partial charge is 0.493 e. The lowest BCUT2D eigenvalue weighted by molar-refractivity contribution is 0.355. The van der Waals surface area contributed by atoms with Crippen molar-refractivity contribution in [1.29, 1.82) is 0 Å². The van der Waals surface area contributed by atoms with Crippen LogP contribution in [0.1, 0.15) is 5.56 Å². The lowest BCUT2D eigenvalue weighted by atomic mass is 10.2. The number of aryl methyl sites for hydroxylation is 1. The zero-order chi connectivity index (χ0) is 18.7. The molecule has 0 bridgehead atoms. The fraction of sp³-hybridized carbons (Fsp3) is 0.263. The van der Waals surface area contributed by atoms with Crippen LogP contribution in [0.15, 0.2) is 46.1 Å². The highest BCUT2D eigenvalue weighted by Crippen LogP contribution is 2.30. The maximum Gasteiger partial charge on any atom is 0.262 e. The van der Waals surface area contributed by atoms with Gasteiger partial charge in [-0.3, -0.25) is 9.36 Å². The number of ether oxygens (including phenoxy) is 2. The molecule has 1 heterocycles. The van der Waals surface area contributed by atoms with Gasteiger partial charge in [-0.15, -0.1) is 11.8 Å². The van der Waals surface area contributed by atoms with E-state index in [9.17, 15) is 4.79 Å². The molecule has 0 aliphatic carbocycles. The predicted molar refractivity (Wildman–Crippen MR) is 108 cm³/mol. The minimum Gasteiger partial charge on any atom is -0.493 e. The molecule has 0 saturated carbocycles. The first kappa shape index (κ1) is 18.5. The topological polar surface area (TPSA) is 56.2 Å². The van der Waals surface area contributed by atoms with Gasteiger partial charge in [0.15, 0.2) is 16.3 Å². The average Bonchev–Trinajstić information content (AvgIpc) is 2.65. The Kier molecular flexibility index (Phi) is 5.68. The highest BCUT2D eigenvalue weighted by Gasteiger charge is 2.11. The van der Waals surface area contributed by atoms with Crippen molar-refractivity contribution in [1.82, 2.24) is 9.55 Å². The summed E-state index contributed by atoms with van der Waals surface area (Å²) in [6, 6.07) is 11.7. The van der Waals surface area contributed by atoms with Crippen LogP contribution in [0, 0.1) is 11.7 Å². The molecule has 0 atom stereocenters. The summed E-state index contributed by atoms with van der Waals surface area (Å²) in [6.07, 6.45) is 0. The van der Waals surface area contributed by atoms with Gasteiger partial charge in [0, 0.05) is 23.3 Å². The Morgan fingerprint density at radius 3 is 2.42 bits per heavy atom. The number of nitrogens with zero attached hydrogens (tertiary/aromatic N) is 1. The number of aromatic nitrogens is 2. The summed E-state index contributed by atoms with van der Waals surface area (Å²) in [5.74, 6) is 1.82. The third kappa shape index (κ3) is 3.78. The van der Waals surface area contributed by atoms with Crippen LogP contribution in [-0.2, 0) is 6.54 Å². The van der Waals surface area contributed by atoms with E-state index >= 15 is 0 Å². The fourth-order valence-electron chi connectivity index (χ4n) is 2.67. The summed E-state index contributed by atoms with van der Waals surface area (Å²) < 4.78 is 12.6. The van der Waals surface area contributed by atoms with Crippen molar-refractivity contribution in [3.05, 3.63) is 57.1 Å². The Morgan fingerprint density at radius 2 is 1.77 bits per heavy atom.